The van der Waals surface area contributed by atoms with E-state index in [2.05, 4.69) is 0 Å². The number of carboxylic acid groups (broad SMARTS) is 1. The molecule has 0 bridgehead atoms. The topological polar surface area (TPSA) is 127 Å². The van der Waals surface area contributed by atoms with E-state index in [1.807, 2.05) is 5.32 Å². The number of carbonyl (C=O) groups is 3. The molecule has 8 nitrogen and oxygen atoms in total. The minimum atomic E-state index is -4.01. The number of carbonyl (C=O) groups excluding carboxylic acids is 2. The molecule has 0 aromatic rings. The summed E-state index contributed by atoms with van der Waals surface area (Å²) in [6.07, 6.45) is 0. The Morgan fingerprint density at radius 3 is 2.10 bits per heavy atom. The fourth-order valence-corrected chi connectivity index (χ4v) is 2.55. The van der Waals surface area contributed by atoms with Crippen molar-refractivity contribution in [2.24, 2.45) is 0 Å². The van der Waals surface area contributed by atoms with Gasteiger partial charge in [0, 0.05) is 6.92 Å². The molecule has 0 rings (SSSR count). The number of hydrogen-bond donors (Lipinski definition) is 2. The van der Waals surface area contributed by atoms with Gasteiger partial charge in [0.1, 0.15) is 17.4 Å². The lowest BCUT2D eigenvalue weighted by Crippen LogP contribution is -2.45. The summed E-state index contributed by atoms with van der Waals surface area (Å²) in [5.74, 6) is -4.95. The summed E-state index contributed by atoms with van der Waals surface area (Å²) in [6.45, 7) is 5.80. The lowest BCUT2D eigenvalue weighted by molar-refractivity contribution is -0.151. The Morgan fingerprint density at radius 1 is 1.25 bits per heavy atom. The van der Waals surface area contributed by atoms with Crippen LogP contribution in [-0.2, 0) is 29.0 Å². The van der Waals surface area contributed by atoms with Crippen LogP contribution in [0, 0.1) is 0 Å². The van der Waals surface area contributed by atoms with E-state index in [-0.39, 0.29) is 0 Å². The number of nitrogens with one attached hydrogen (secondary N) is 1. The largest absolute Gasteiger partial charge is 0.480 e. The highest BCUT2D eigenvalue weighted by atomic mass is 32.2. The molecule has 0 aliphatic heterocycles. The van der Waals surface area contributed by atoms with Crippen LogP contribution in [0.25, 0.3) is 0 Å². The first-order chi connectivity index (χ1) is 8.82. The van der Waals surface area contributed by atoms with Crippen molar-refractivity contribution in [1.29, 1.82) is 0 Å². The molecule has 0 heterocycles. The van der Waals surface area contributed by atoms with E-state index in [0.717, 1.165) is 6.92 Å². The SMILES string of the molecule is CC(=O)NC(CS(=O)(=O)CC(=O)OC(C)(C)C)C(=O)O. The van der Waals surface area contributed by atoms with Gasteiger partial charge in [-0.05, 0) is 20.8 Å². The van der Waals surface area contributed by atoms with Crippen LogP contribution in [0.15, 0.2) is 0 Å². The molecule has 1 unspecified atom stereocenters. The standard InChI is InChI=1S/C11H19NO7S/c1-7(13)12-8(10(15)16)5-20(17,18)6-9(14)19-11(2,3)4/h8H,5-6H2,1-4H3,(H,12,13)(H,15,16). The normalized spacial score (nSPS) is 13.4. The summed E-state index contributed by atoms with van der Waals surface area (Å²) >= 11 is 0. The number of amides is 1. The number of hydrogen-bond acceptors (Lipinski definition) is 6. The van der Waals surface area contributed by atoms with Crippen molar-refractivity contribution in [3.05, 3.63) is 0 Å². The lowest BCUT2D eigenvalue weighted by Gasteiger charge is -2.20. The minimum absolute atomic E-state index is 0.676. The number of ether oxygens (including phenoxy) is 1. The minimum Gasteiger partial charge on any atom is -0.480 e. The maximum atomic E-state index is 11.7. The summed E-state index contributed by atoms with van der Waals surface area (Å²) in [6, 6.07) is -1.60. The van der Waals surface area contributed by atoms with Crippen LogP contribution >= 0.6 is 0 Å². The number of esters is 1. The predicted octanol–water partition coefficient (Wildman–Crippen LogP) is -0.668. The maximum absolute atomic E-state index is 11.7. The second-order valence-electron chi connectivity index (χ2n) is 5.23. The van der Waals surface area contributed by atoms with E-state index in [1.54, 1.807) is 20.8 Å². The van der Waals surface area contributed by atoms with Crippen LogP contribution < -0.4 is 5.32 Å². The van der Waals surface area contributed by atoms with Gasteiger partial charge in [-0.15, -0.1) is 0 Å². The Kier molecular flexibility index (Phi) is 6.14. The van der Waals surface area contributed by atoms with E-state index in [4.69, 9.17) is 9.84 Å². The first kappa shape index (κ1) is 18.4. The molecule has 0 aliphatic rings. The van der Waals surface area contributed by atoms with Crippen LogP contribution in [0.1, 0.15) is 27.7 Å². The van der Waals surface area contributed by atoms with Crippen LogP contribution in [0.3, 0.4) is 0 Å². The molecule has 1 amide bonds. The van der Waals surface area contributed by atoms with Crippen molar-refractivity contribution in [2.75, 3.05) is 11.5 Å². The fraction of sp³-hybridized carbons (Fsp3) is 0.727. The molecule has 0 radical (unpaired) electrons. The highest BCUT2D eigenvalue weighted by Crippen LogP contribution is 2.08. The van der Waals surface area contributed by atoms with E-state index >= 15 is 0 Å². The monoisotopic (exact) mass is 309 g/mol. The molecule has 20 heavy (non-hydrogen) atoms. The third kappa shape index (κ3) is 8.46. The lowest BCUT2D eigenvalue weighted by atomic mass is 10.2. The van der Waals surface area contributed by atoms with Gasteiger partial charge in [-0.1, -0.05) is 0 Å². The Bertz CT molecular complexity index is 489. The smallest absolute Gasteiger partial charge is 0.327 e. The van der Waals surface area contributed by atoms with Crippen molar-refractivity contribution >= 4 is 27.7 Å². The molecule has 0 fully saturated rings. The second-order valence-corrected chi connectivity index (χ2v) is 7.34. The molecular weight excluding hydrogens is 290 g/mol. The highest BCUT2D eigenvalue weighted by Gasteiger charge is 2.29. The average molecular weight is 309 g/mol. The molecule has 0 aromatic carbocycles. The molecule has 0 saturated carbocycles. The van der Waals surface area contributed by atoms with Gasteiger partial charge in [0.2, 0.25) is 5.91 Å². The van der Waals surface area contributed by atoms with Crippen LogP contribution in [0.5, 0.6) is 0 Å². The molecule has 2 N–H and O–H groups in total. The zero-order chi connectivity index (χ0) is 16.1. The average Bonchev–Trinajstić information content (AvgIpc) is 2.09. The Balaban J connectivity index is 4.76. The fourth-order valence-electron chi connectivity index (χ4n) is 1.28. The van der Waals surface area contributed by atoms with Crippen molar-refractivity contribution in [3.63, 3.8) is 0 Å². The second kappa shape index (κ2) is 6.69. The summed E-state index contributed by atoms with van der Waals surface area (Å²) in [5.41, 5.74) is -0.837. The third-order valence-electron chi connectivity index (χ3n) is 1.85. The Hall–Kier alpha value is -1.64. The van der Waals surface area contributed by atoms with Crippen LogP contribution in [0.4, 0.5) is 0 Å². The molecule has 0 aromatic heterocycles. The third-order valence-corrected chi connectivity index (χ3v) is 3.37. The van der Waals surface area contributed by atoms with Gasteiger partial charge in [0.15, 0.2) is 9.84 Å². The van der Waals surface area contributed by atoms with Crippen molar-refractivity contribution < 1.29 is 32.6 Å². The van der Waals surface area contributed by atoms with E-state index in [1.165, 1.54) is 0 Å². The van der Waals surface area contributed by atoms with Crippen molar-refractivity contribution in [1.82, 2.24) is 5.32 Å². The summed E-state index contributed by atoms with van der Waals surface area (Å²) in [4.78, 5) is 33.0. The highest BCUT2D eigenvalue weighted by molar-refractivity contribution is 7.92. The molecule has 0 aliphatic carbocycles. The maximum Gasteiger partial charge on any atom is 0.327 e. The summed E-state index contributed by atoms with van der Waals surface area (Å²) in [7, 11) is -4.01. The van der Waals surface area contributed by atoms with Crippen LogP contribution in [0.2, 0.25) is 0 Å². The number of carboxylic acids is 1. The van der Waals surface area contributed by atoms with Gasteiger partial charge in [-0.3, -0.25) is 9.59 Å². The van der Waals surface area contributed by atoms with Crippen LogP contribution in [-0.4, -0.2) is 54.5 Å². The zero-order valence-electron chi connectivity index (χ0n) is 11.8. The van der Waals surface area contributed by atoms with Gasteiger partial charge >= 0.3 is 11.9 Å². The quantitative estimate of drug-likeness (QED) is 0.623. The number of aliphatic carboxylic acids is 1. The molecule has 0 spiro atoms. The Morgan fingerprint density at radius 2 is 1.75 bits per heavy atom. The first-order valence-electron chi connectivity index (χ1n) is 5.74. The summed E-state index contributed by atoms with van der Waals surface area (Å²) < 4.78 is 28.3. The van der Waals surface area contributed by atoms with Crippen molar-refractivity contribution in [3.8, 4) is 0 Å². The van der Waals surface area contributed by atoms with Crippen molar-refractivity contribution in [2.45, 2.75) is 39.3 Å². The zero-order valence-corrected chi connectivity index (χ0v) is 12.6. The van der Waals surface area contributed by atoms with Gasteiger partial charge in [0.25, 0.3) is 0 Å². The molecule has 116 valence electrons. The first-order valence-corrected chi connectivity index (χ1v) is 7.57. The molecule has 0 saturated heterocycles. The molecular formula is C11H19NO7S. The predicted molar refractivity (Wildman–Crippen MR) is 69.7 cm³/mol. The Labute approximate surface area is 117 Å². The molecule has 9 heteroatoms. The summed E-state index contributed by atoms with van der Waals surface area (Å²) in [5, 5.41) is 10.8. The van der Waals surface area contributed by atoms with E-state index < -0.39 is 50.8 Å². The number of rotatable bonds is 6. The van der Waals surface area contributed by atoms with Gasteiger partial charge < -0.3 is 15.2 Å². The van der Waals surface area contributed by atoms with Gasteiger partial charge in [-0.25, -0.2) is 13.2 Å². The van der Waals surface area contributed by atoms with Gasteiger partial charge in [0.05, 0.1) is 5.75 Å². The van der Waals surface area contributed by atoms with E-state index in [9.17, 15) is 22.8 Å². The molecule has 1 atom stereocenters. The van der Waals surface area contributed by atoms with Gasteiger partial charge in [-0.2, -0.15) is 0 Å². The number of sulfone groups is 1. The van der Waals surface area contributed by atoms with E-state index in [0.29, 0.717) is 0 Å².